The van der Waals surface area contributed by atoms with Crippen molar-refractivity contribution in [1.82, 2.24) is 20.0 Å². The van der Waals surface area contributed by atoms with Gasteiger partial charge in [0.2, 0.25) is 5.91 Å². The minimum absolute atomic E-state index is 0.0782. The van der Waals surface area contributed by atoms with Crippen LogP contribution in [0.5, 0.6) is 0 Å². The maximum Gasteiger partial charge on any atom is 0.272 e. The molecule has 7 heteroatoms. The number of nitrogens with zero attached hydrogens (tertiary/aromatic N) is 3. The predicted molar refractivity (Wildman–Crippen MR) is 122 cm³/mol. The van der Waals surface area contributed by atoms with Crippen molar-refractivity contribution in [1.29, 1.82) is 0 Å². The van der Waals surface area contributed by atoms with Gasteiger partial charge in [0.1, 0.15) is 0 Å². The summed E-state index contributed by atoms with van der Waals surface area (Å²) >= 11 is 1.53. The van der Waals surface area contributed by atoms with Crippen LogP contribution in [-0.4, -0.2) is 38.8 Å². The van der Waals surface area contributed by atoms with Gasteiger partial charge in [-0.3, -0.25) is 14.3 Å². The molecule has 1 aliphatic heterocycles. The van der Waals surface area contributed by atoms with E-state index in [2.05, 4.69) is 16.5 Å². The summed E-state index contributed by atoms with van der Waals surface area (Å²) in [5, 5.41) is 7.45. The van der Waals surface area contributed by atoms with Crippen LogP contribution < -0.4 is 5.32 Å². The molecule has 0 fully saturated rings. The monoisotopic (exact) mass is 434 g/mol. The molecule has 0 saturated heterocycles. The van der Waals surface area contributed by atoms with Gasteiger partial charge in [0.25, 0.3) is 5.91 Å². The maximum atomic E-state index is 12.9. The van der Waals surface area contributed by atoms with Gasteiger partial charge < -0.3 is 10.2 Å². The van der Waals surface area contributed by atoms with Crippen LogP contribution in [0, 0.1) is 6.92 Å². The Morgan fingerprint density at radius 2 is 1.94 bits per heavy atom. The topological polar surface area (TPSA) is 67.2 Å². The first-order chi connectivity index (χ1) is 15.0. The molecule has 0 bridgehead atoms. The van der Waals surface area contributed by atoms with E-state index in [9.17, 15) is 9.59 Å². The first kappa shape index (κ1) is 21.2. The smallest absolute Gasteiger partial charge is 0.272 e. The van der Waals surface area contributed by atoms with Crippen molar-refractivity contribution in [2.45, 2.75) is 31.3 Å². The normalized spacial score (nSPS) is 13.0. The van der Waals surface area contributed by atoms with Gasteiger partial charge in [0.15, 0.2) is 5.69 Å². The molecule has 4 rings (SSSR count). The van der Waals surface area contributed by atoms with Crippen molar-refractivity contribution in [3.63, 3.8) is 0 Å². The molecule has 0 unspecified atom stereocenters. The zero-order valence-electron chi connectivity index (χ0n) is 17.8. The van der Waals surface area contributed by atoms with Crippen molar-refractivity contribution in [2.75, 3.05) is 12.3 Å². The number of nitrogens with one attached hydrogen (secondary N) is 1. The highest BCUT2D eigenvalue weighted by Crippen LogP contribution is 2.24. The van der Waals surface area contributed by atoms with Crippen LogP contribution >= 0.6 is 11.8 Å². The van der Waals surface area contributed by atoms with Crippen LogP contribution in [0.4, 0.5) is 0 Å². The lowest BCUT2D eigenvalue weighted by molar-refractivity contribution is -0.129. The van der Waals surface area contributed by atoms with Crippen molar-refractivity contribution in [3.05, 3.63) is 82.7 Å². The van der Waals surface area contributed by atoms with E-state index in [4.69, 9.17) is 0 Å². The molecule has 2 aromatic carbocycles. The highest BCUT2D eigenvalue weighted by molar-refractivity contribution is 8.00. The van der Waals surface area contributed by atoms with E-state index >= 15 is 0 Å². The van der Waals surface area contributed by atoms with Crippen molar-refractivity contribution in [2.24, 2.45) is 7.05 Å². The number of aromatic nitrogens is 2. The zero-order chi connectivity index (χ0) is 21.8. The quantitative estimate of drug-likeness (QED) is 0.605. The number of fused-ring (bicyclic) bond motifs is 1. The molecule has 1 aromatic heterocycles. The SMILES string of the molecule is Cc1cccc(CNC(=O)c2nn(C)c3c2CN(C(=O)CSc2ccccc2)CC3)c1. The van der Waals surface area contributed by atoms with Crippen molar-refractivity contribution >= 4 is 23.6 Å². The third kappa shape index (κ3) is 4.99. The Kier molecular flexibility index (Phi) is 6.42. The summed E-state index contributed by atoms with van der Waals surface area (Å²) in [4.78, 5) is 28.6. The van der Waals surface area contributed by atoms with Gasteiger partial charge in [-0.25, -0.2) is 0 Å². The van der Waals surface area contributed by atoms with E-state index in [0.717, 1.165) is 27.3 Å². The molecule has 160 valence electrons. The summed E-state index contributed by atoms with van der Waals surface area (Å²) in [6.45, 7) is 3.54. The first-order valence-electron chi connectivity index (χ1n) is 10.4. The molecular formula is C24H26N4O2S. The van der Waals surface area contributed by atoms with Gasteiger partial charge in [-0.1, -0.05) is 48.0 Å². The molecule has 0 saturated carbocycles. The average Bonchev–Trinajstić information content (AvgIpc) is 3.12. The van der Waals surface area contributed by atoms with Gasteiger partial charge in [-0.2, -0.15) is 5.10 Å². The number of carbonyl (C=O) groups is 2. The fourth-order valence-corrected chi connectivity index (χ4v) is 4.65. The fourth-order valence-electron chi connectivity index (χ4n) is 3.83. The molecular weight excluding hydrogens is 408 g/mol. The number of hydrogen-bond acceptors (Lipinski definition) is 4. The second-order valence-electron chi connectivity index (χ2n) is 7.74. The Bertz CT molecular complexity index is 1090. The molecule has 0 radical (unpaired) electrons. The van der Waals surface area contributed by atoms with E-state index < -0.39 is 0 Å². The van der Waals surface area contributed by atoms with Crippen LogP contribution in [-0.2, 0) is 31.4 Å². The van der Waals surface area contributed by atoms with Crippen molar-refractivity contribution < 1.29 is 9.59 Å². The summed E-state index contributed by atoms with van der Waals surface area (Å²) in [6.07, 6.45) is 0.700. The van der Waals surface area contributed by atoms with Crippen LogP contribution in [0.3, 0.4) is 0 Å². The zero-order valence-corrected chi connectivity index (χ0v) is 18.6. The van der Waals surface area contributed by atoms with Gasteiger partial charge in [0.05, 0.1) is 5.75 Å². The van der Waals surface area contributed by atoms with Crippen LogP contribution in [0.15, 0.2) is 59.5 Å². The number of rotatable bonds is 6. The van der Waals surface area contributed by atoms with E-state index in [1.165, 1.54) is 11.8 Å². The lowest BCUT2D eigenvalue weighted by Crippen LogP contribution is -2.38. The molecule has 1 aliphatic rings. The third-order valence-electron chi connectivity index (χ3n) is 5.45. The highest BCUT2D eigenvalue weighted by atomic mass is 32.2. The number of benzene rings is 2. The summed E-state index contributed by atoms with van der Waals surface area (Å²) in [5.41, 5.74) is 4.50. The molecule has 1 N–H and O–H groups in total. The number of aryl methyl sites for hydroxylation is 2. The Labute approximate surface area is 186 Å². The van der Waals surface area contributed by atoms with Gasteiger partial charge in [0, 0.05) is 49.3 Å². The Morgan fingerprint density at radius 1 is 1.13 bits per heavy atom. The molecule has 2 amide bonds. The summed E-state index contributed by atoms with van der Waals surface area (Å²) < 4.78 is 1.78. The van der Waals surface area contributed by atoms with Crippen LogP contribution in [0.1, 0.15) is 32.9 Å². The first-order valence-corrected chi connectivity index (χ1v) is 11.3. The lowest BCUT2D eigenvalue weighted by atomic mass is 10.0. The standard InChI is InChI=1S/C24H26N4O2S/c1-17-7-6-8-18(13-17)14-25-24(30)23-20-15-28(12-11-21(20)27(2)26-23)22(29)16-31-19-9-4-3-5-10-19/h3-10,13H,11-12,14-16H2,1-2H3,(H,25,30). The minimum Gasteiger partial charge on any atom is -0.347 e. The largest absolute Gasteiger partial charge is 0.347 e. The summed E-state index contributed by atoms with van der Waals surface area (Å²) in [7, 11) is 1.86. The molecule has 6 nitrogen and oxygen atoms in total. The van der Waals surface area contributed by atoms with E-state index in [1.807, 2.05) is 67.4 Å². The van der Waals surface area contributed by atoms with E-state index in [0.29, 0.717) is 37.5 Å². The molecule has 0 aliphatic carbocycles. The predicted octanol–water partition coefficient (Wildman–Crippen LogP) is 3.34. The van der Waals surface area contributed by atoms with E-state index in [1.54, 1.807) is 4.68 Å². The highest BCUT2D eigenvalue weighted by Gasteiger charge is 2.29. The van der Waals surface area contributed by atoms with Gasteiger partial charge >= 0.3 is 0 Å². The van der Waals surface area contributed by atoms with Crippen LogP contribution in [0.25, 0.3) is 0 Å². The number of hydrogen-bond donors (Lipinski definition) is 1. The van der Waals surface area contributed by atoms with E-state index in [-0.39, 0.29) is 11.8 Å². The molecule has 0 atom stereocenters. The third-order valence-corrected chi connectivity index (χ3v) is 6.45. The maximum absolute atomic E-state index is 12.9. The second-order valence-corrected chi connectivity index (χ2v) is 8.78. The number of carbonyl (C=O) groups excluding carboxylic acids is 2. The second kappa shape index (κ2) is 9.39. The lowest BCUT2D eigenvalue weighted by Gasteiger charge is -2.27. The molecule has 0 spiro atoms. The van der Waals surface area contributed by atoms with Gasteiger partial charge in [-0.05, 0) is 24.6 Å². The summed E-state index contributed by atoms with van der Waals surface area (Å²) in [5.74, 6) is 0.259. The number of amides is 2. The molecule has 3 aromatic rings. The molecule has 2 heterocycles. The van der Waals surface area contributed by atoms with Crippen molar-refractivity contribution in [3.8, 4) is 0 Å². The Morgan fingerprint density at radius 3 is 2.71 bits per heavy atom. The number of thioether (sulfide) groups is 1. The van der Waals surface area contributed by atoms with Crippen LogP contribution in [0.2, 0.25) is 0 Å². The van der Waals surface area contributed by atoms with Gasteiger partial charge in [-0.15, -0.1) is 11.8 Å². The molecule has 31 heavy (non-hydrogen) atoms. The Balaban J connectivity index is 1.42. The minimum atomic E-state index is -0.202. The average molecular weight is 435 g/mol. The fraction of sp³-hybridized carbons (Fsp3) is 0.292. The Hall–Kier alpha value is -3.06. The summed E-state index contributed by atoms with van der Waals surface area (Å²) in [6, 6.07) is 18.0.